The molecule has 0 saturated carbocycles. The van der Waals surface area contributed by atoms with Crippen molar-refractivity contribution in [1.82, 2.24) is 29.6 Å². The minimum Gasteiger partial charge on any atom is -0.462 e. The van der Waals surface area contributed by atoms with E-state index < -0.39 is 59.5 Å². The fourth-order valence-corrected chi connectivity index (χ4v) is 14.1. The number of likely N-dealkylation sites (N-methyl/N-ethyl adjacent to an activating group) is 2. The number of benzene rings is 9. The Kier molecular flexibility index (Phi) is 21.6. The van der Waals surface area contributed by atoms with E-state index in [0.29, 0.717) is 59.8 Å². The van der Waals surface area contributed by atoms with Crippen LogP contribution in [0.4, 0.5) is 0 Å². The minimum atomic E-state index is -1.45. The summed E-state index contributed by atoms with van der Waals surface area (Å²) in [5, 5.41) is 1.93. The van der Waals surface area contributed by atoms with E-state index in [0.717, 1.165) is 32.1 Å². The zero-order valence-electron chi connectivity index (χ0n) is 61.6. The number of ether oxygens (including phenoxy) is 6. The van der Waals surface area contributed by atoms with Crippen molar-refractivity contribution in [3.05, 3.63) is 250 Å². The van der Waals surface area contributed by atoms with E-state index in [1.807, 2.05) is 90.1 Å². The topological polar surface area (TPSA) is 231 Å². The van der Waals surface area contributed by atoms with Gasteiger partial charge in [-0.25, -0.2) is 9.59 Å². The second kappa shape index (κ2) is 31.6. The summed E-state index contributed by atoms with van der Waals surface area (Å²) in [6, 6.07) is 39.6. The van der Waals surface area contributed by atoms with Crippen molar-refractivity contribution < 1.29 is 66.8 Å². The van der Waals surface area contributed by atoms with Gasteiger partial charge in [0.1, 0.15) is 58.1 Å². The van der Waals surface area contributed by atoms with Gasteiger partial charge in [-0.3, -0.25) is 48.5 Å². The van der Waals surface area contributed by atoms with E-state index >= 15 is 28.8 Å². The molecule has 0 N–H and O–H groups in total. The van der Waals surface area contributed by atoms with Gasteiger partial charge in [-0.15, -0.1) is 0 Å². The molecule has 0 spiro atoms. The lowest BCUT2D eigenvalue weighted by Gasteiger charge is -2.37. The molecule has 0 bridgehead atoms. The minimum absolute atomic E-state index is 0.0159. The highest BCUT2D eigenvalue weighted by molar-refractivity contribution is 6.45. The third-order valence-corrected chi connectivity index (χ3v) is 19.7. The molecule has 2 aliphatic heterocycles. The Hall–Kier alpha value is -12.6. The maximum atomic E-state index is 16.6. The van der Waals surface area contributed by atoms with Crippen LogP contribution >= 0.6 is 0 Å². The first-order valence-electron chi connectivity index (χ1n) is 36.2. The van der Waals surface area contributed by atoms with Crippen LogP contribution in [0.2, 0.25) is 0 Å². The zero-order chi connectivity index (χ0) is 76.2. The molecule has 2 aromatic heterocycles. The van der Waals surface area contributed by atoms with Crippen molar-refractivity contribution >= 4 is 90.5 Å². The monoisotopic (exact) mass is 1450 g/mol. The van der Waals surface area contributed by atoms with Crippen LogP contribution in [0.25, 0.3) is 43.1 Å². The molecule has 4 heterocycles. The molecule has 2 aliphatic rings. The third-order valence-electron chi connectivity index (χ3n) is 19.7. The molecule has 548 valence electrons. The Morgan fingerprint density at radius 2 is 0.657 bits per heavy atom. The number of unbranched alkanes of at least 4 members (excludes halogenated alkanes) is 2. The van der Waals surface area contributed by atoms with E-state index in [4.69, 9.17) is 28.4 Å². The van der Waals surface area contributed by atoms with Crippen LogP contribution in [0.3, 0.4) is 0 Å². The van der Waals surface area contributed by atoms with Crippen LogP contribution in [-0.2, 0) is 41.5 Å². The molecular weight excluding hydrogens is 1360 g/mol. The molecule has 11 aromatic rings. The number of nitrogens with zero attached hydrogens (tertiary/aromatic N) is 6. The first-order chi connectivity index (χ1) is 52.1. The SMILES string of the molecule is C=C(C)C(=O)OCCCCN(CC)C(=O)C(Cc1ccncc1)N1C(=O)c2cc(Oc3ccc(C)cc3)c3c4c(Oc5ccc(C)cc5)cc5c6c(cc(Oc7ccc(C)cc7)c(c7c(Oc8ccc(C)cc8)cc(c2c37)C1=O)c64)C(=O)N(C(Cc1ccncc1)C(=O)N(CC)CCCCOC(=O)C(=C)C)C5=O. The van der Waals surface area contributed by atoms with Gasteiger partial charge in [0.15, 0.2) is 0 Å². The smallest absolute Gasteiger partial charge is 0.333 e. The summed E-state index contributed by atoms with van der Waals surface area (Å²) >= 11 is 0. The van der Waals surface area contributed by atoms with Crippen LogP contribution in [0, 0.1) is 27.7 Å². The Morgan fingerprint density at radius 1 is 0.389 bits per heavy atom. The predicted octanol–water partition coefficient (Wildman–Crippen LogP) is 16.8. The summed E-state index contributed by atoms with van der Waals surface area (Å²) in [4.78, 5) is 136. The summed E-state index contributed by atoms with van der Waals surface area (Å²) in [6.45, 7) is 22.8. The quantitative estimate of drug-likeness (QED) is 0.0102. The van der Waals surface area contributed by atoms with E-state index in [-0.39, 0.29) is 152 Å². The Balaban J connectivity index is 1.11. The summed E-state index contributed by atoms with van der Waals surface area (Å²) in [5.74, 6) is -3.76. The molecule has 9 aromatic carbocycles. The van der Waals surface area contributed by atoms with Gasteiger partial charge in [-0.05, 0) is 189 Å². The number of fused-ring (bicyclic) bond motifs is 2. The van der Waals surface area contributed by atoms with E-state index in [1.165, 1.54) is 0 Å². The molecule has 2 unspecified atom stereocenters. The Labute approximate surface area is 625 Å². The number of rotatable bonds is 30. The average Bonchev–Trinajstić information content (AvgIpc) is 0.670. The normalized spacial score (nSPS) is 13.1. The number of hydrogen-bond donors (Lipinski definition) is 0. The maximum Gasteiger partial charge on any atom is 0.333 e. The van der Waals surface area contributed by atoms with Crippen molar-refractivity contribution in [2.75, 3.05) is 39.4 Å². The number of carbonyl (C=O) groups is 8. The lowest BCUT2D eigenvalue weighted by molar-refractivity contribution is -0.140. The number of aromatic nitrogens is 2. The van der Waals surface area contributed by atoms with Gasteiger partial charge in [-0.2, -0.15) is 0 Å². The molecule has 20 nitrogen and oxygen atoms in total. The summed E-state index contributed by atoms with van der Waals surface area (Å²) < 4.78 is 39.8. The number of pyridine rings is 2. The molecule has 0 fully saturated rings. The molecule has 0 aliphatic carbocycles. The lowest BCUT2D eigenvalue weighted by atomic mass is 9.80. The molecule has 13 rings (SSSR count). The van der Waals surface area contributed by atoms with Crippen LogP contribution in [0.15, 0.2) is 195 Å². The van der Waals surface area contributed by atoms with Gasteiger partial charge in [-0.1, -0.05) is 83.9 Å². The molecule has 2 atom stereocenters. The maximum absolute atomic E-state index is 16.6. The van der Waals surface area contributed by atoms with Gasteiger partial charge in [0.05, 0.1) is 35.5 Å². The molecule has 0 saturated heterocycles. The highest BCUT2D eigenvalue weighted by Crippen LogP contribution is 2.58. The Bertz CT molecular complexity index is 4820. The highest BCUT2D eigenvalue weighted by atomic mass is 16.5. The average molecular weight is 1450 g/mol. The van der Waals surface area contributed by atoms with Crippen LogP contribution in [0.5, 0.6) is 46.0 Å². The van der Waals surface area contributed by atoms with E-state index in [1.54, 1.807) is 145 Å². The van der Waals surface area contributed by atoms with Crippen LogP contribution in [0.1, 0.15) is 128 Å². The summed E-state index contributed by atoms with van der Waals surface area (Å²) in [5.41, 5.74) is 5.34. The second-order valence-electron chi connectivity index (χ2n) is 27.5. The summed E-state index contributed by atoms with van der Waals surface area (Å²) in [7, 11) is 0. The molecule has 108 heavy (non-hydrogen) atoms. The third kappa shape index (κ3) is 14.9. The largest absolute Gasteiger partial charge is 0.462 e. The van der Waals surface area contributed by atoms with Crippen molar-refractivity contribution in [2.24, 2.45) is 0 Å². The van der Waals surface area contributed by atoms with Crippen LogP contribution < -0.4 is 18.9 Å². The van der Waals surface area contributed by atoms with Gasteiger partial charge in [0.2, 0.25) is 11.8 Å². The summed E-state index contributed by atoms with van der Waals surface area (Å²) in [6.07, 6.45) is 7.71. The van der Waals surface area contributed by atoms with Crippen molar-refractivity contribution in [3.63, 3.8) is 0 Å². The number of hydrogen-bond acceptors (Lipinski definition) is 16. The van der Waals surface area contributed by atoms with E-state index in [2.05, 4.69) is 23.1 Å². The number of imide groups is 2. The first-order valence-corrected chi connectivity index (χ1v) is 36.2. The fourth-order valence-electron chi connectivity index (χ4n) is 14.1. The first kappa shape index (κ1) is 73.7. The van der Waals surface area contributed by atoms with Gasteiger partial charge in [0.25, 0.3) is 23.6 Å². The van der Waals surface area contributed by atoms with E-state index in [9.17, 15) is 9.59 Å². The number of carbonyl (C=O) groups excluding carboxylic acids is 8. The standard InChI is InChI=1S/C88H82N6O14/c1-11-91(41-13-15-43-103-87(101)51(3)4)85(99)67(45-57-33-37-89-38-34-57)93-81(95)63-47-69(105-59-25-17-53(7)18-26-59)75-77-71(107-61-29-21-55(9)22-30-61)49-65-74-66(84(98)94(83(65)97)68(46-58-35-39-90-40-36-58)86(100)92(12-2)42-14-16-44-104-88(102)52(5)6)50-72(108-62-31-23-56(10)24-32-62)78(80(74)77)76-70(106-60-27-19-54(8)20-28-60)48-64(82(93)96)73(63)79(75)76/h17-40,47-50,67-68H,3,5,11-16,41-46H2,1-2,4,6-10H3. The predicted molar refractivity (Wildman–Crippen MR) is 412 cm³/mol. The van der Waals surface area contributed by atoms with Crippen molar-refractivity contribution in [1.29, 1.82) is 0 Å². The van der Waals surface area contributed by atoms with Crippen LogP contribution in [-0.4, -0.2) is 128 Å². The van der Waals surface area contributed by atoms with Gasteiger partial charge < -0.3 is 38.2 Å². The molecular formula is C88H82N6O14. The number of aryl methyl sites for hydroxylation is 4. The molecule has 20 heteroatoms. The van der Waals surface area contributed by atoms with Gasteiger partial charge >= 0.3 is 11.9 Å². The van der Waals surface area contributed by atoms with Crippen molar-refractivity contribution in [3.8, 4) is 46.0 Å². The Morgan fingerprint density at radius 3 is 0.907 bits per heavy atom. The molecule has 6 amide bonds. The highest BCUT2D eigenvalue weighted by Gasteiger charge is 2.47. The molecule has 0 radical (unpaired) electrons. The number of esters is 2. The zero-order valence-corrected chi connectivity index (χ0v) is 61.6. The van der Waals surface area contributed by atoms with Gasteiger partial charge in [0, 0.05) is 118 Å². The second-order valence-corrected chi connectivity index (χ2v) is 27.5. The van der Waals surface area contributed by atoms with Crippen molar-refractivity contribution in [2.45, 2.75) is 106 Å². The lowest BCUT2D eigenvalue weighted by Crippen LogP contribution is -2.55. The fraction of sp³-hybridized carbons (Fsp3) is 0.250. The number of amides is 6.